The summed E-state index contributed by atoms with van der Waals surface area (Å²) >= 11 is 0. The van der Waals surface area contributed by atoms with Crippen molar-refractivity contribution < 1.29 is 9.90 Å². The molecule has 0 heterocycles. The lowest BCUT2D eigenvalue weighted by atomic mass is 9.95. The van der Waals surface area contributed by atoms with E-state index < -0.39 is 12.0 Å². The quantitative estimate of drug-likeness (QED) is 0.664. The Bertz CT molecular complexity index is 256. The van der Waals surface area contributed by atoms with Crippen molar-refractivity contribution in [1.82, 2.24) is 0 Å². The summed E-state index contributed by atoms with van der Waals surface area (Å²) < 4.78 is 0. The van der Waals surface area contributed by atoms with Gasteiger partial charge in [0, 0.05) is 0 Å². The van der Waals surface area contributed by atoms with E-state index in [9.17, 15) is 4.79 Å². The van der Waals surface area contributed by atoms with Crippen LogP contribution in [0, 0.1) is 0 Å². The first-order chi connectivity index (χ1) is 5.61. The fourth-order valence-electron chi connectivity index (χ4n) is 0.663. The fraction of sp³-hybridized carbons (Fsp3) is 0.222. The molecule has 0 bridgehead atoms. The van der Waals surface area contributed by atoms with Crippen molar-refractivity contribution >= 4 is 5.97 Å². The van der Waals surface area contributed by atoms with Crippen LogP contribution in [0.3, 0.4) is 0 Å². The normalized spacial score (nSPS) is 12.5. The smallest absolute Gasteiger partial charge is 0.320 e. The van der Waals surface area contributed by atoms with Crippen LogP contribution < -0.4 is 5.73 Å². The molecule has 0 fully saturated rings. The Labute approximate surface area is 70.8 Å². The zero-order valence-electron chi connectivity index (χ0n) is 6.82. The second-order valence-corrected chi connectivity index (χ2v) is 2.70. The van der Waals surface area contributed by atoms with Gasteiger partial charge in [-0.05, 0) is 18.1 Å². The molecule has 0 aliphatic heterocycles. The molecule has 3 N–H and O–H groups in total. The van der Waals surface area contributed by atoms with Crippen LogP contribution in [0.4, 0.5) is 0 Å². The number of carboxylic acids is 1. The van der Waals surface area contributed by atoms with Crippen molar-refractivity contribution in [3.63, 3.8) is 0 Å². The van der Waals surface area contributed by atoms with Crippen LogP contribution in [-0.2, 0) is 4.79 Å². The molecule has 1 atom stereocenters. The summed E-state index contributed by atoms with van der Waals surface area (Å²) in [5.41, 5.74) is 7.69. The number of nitrogens with two attached hydrogens (primary N) is 1. The van der Waals surface area contributed by atoms with Gasteiger partial charge in [0.05, 0.1) is 0 Å². The Morgan fingerprint density at radius 2 is 1.58 bits per heavy atom. The largest absolute Gasteiger partial charge is 0.480 e. The topological polar surface area (TPSA) is 63.3 Å². The average molecular weight is 165 g/mol. The minimum Gasteiger partial charge on any atom is -0.480 e. The minimum absolute atomic E-state index is 0.731. The Morgan fingerprint density at radius 3 is 1.58 bits per heavy atom. The van der Waals surface area contributed by atoms with Gasteiger partial charge in [0.1, 0.15) is 6.04 Å². The highest BCUT2D eigenvalue weighted by Gasteiger charge is 2.04. The van der Waals surface area contributed by atoms with Gasteiger partial charge in [-0.3, -0.25) is 4.79 Å². The molecular weight excluding hydrogens is 154 g/mol. The Hall–Kier alpha value is -1.35. The third-order valence-electron chi connectivity index (χ3n) is 1.61. The van der Waals surface area contributed by atoms with E-state index in [0.717, 1.165) is 0 Å². The molecule has 0 amide bonds. The molecule has 2 aliphatic rings. The van der Waals surface area contributed by atoms with Crippen LogP contribution in [0.25, 0.3) is 11.1 Å². The molecule has 12 heavy (non-hydrogen) atoms. The molecule has 0 saturated carbocycles. The van der Waals surface area contributed by atoms with Gasteiger partial charge in [0.25, 0.3) is 0 Å². The first-order valence-electron chi connectivity index (χ1n) is 3.70. The van der Waals surface area contributed by atoms with Crippen LogP contribution >= 0.6 is 0 Å². The highest BCUT2D eigenvalue weighted by molar-refractivity contribution is 5.75. The van der Waals surface area contributed by atoms with Gasteiger partial charge in [0.15, 0.2) is 0 Å². The first-order valence-corrected chi connectivity index (χ1v) is 3.70. The van der Waals surface area contributed by atoms with Crippen LogP contribution in [0.1, 0.15) is 6.92 Å². The zero-order chi connectivity index (χ0) is 9.14. The van der Waals surface area contributed by atoms with Crippen molar-refractivity contribution in [2.24, 2.45) is 5.73 Å². The molecule has 0 aromatic heterocycles. The van der Waals surface area contributed by atoms with E-state index in [0.29, 0.717) is 0 Å². The van der Waals surface area contributed by atoms with E-state index in [4.69, 9.17) is 10.8 Å². The number of benzene rings is 1. The molecule has 3 nitrogen and oxygen atoms in total. The van der Waals surface area contributed by atoms with Crippen LogP contribution in [0.5, 0.6) is 0 Å². The van der Waals surface area contributed by atoms with E-state index in [1.807, 2.05) is 0 Å². The number of carboxylic acid groups (broad SMARTS) is 1. The molecule has 2 rings (SSSR count). The zero-order valence-corrected chi connectivity index (χ0v) is 6.82. The van der Waals surface area contributed by atoms with Crippen molar-refractivity contribution in [1.29, 1.82) is 0 Å². The Kier molecular flexibility index (Phi) is 2.45. The van der Waals surface area contributed by atoms with Crippen molar-refractivity contribution in [2.45, 2.75) is 13.0 Å². The molecule has 0 aromatic carbocycles. The van der Waals surface area contributed by atoms with E-state index in [1.54, 1.807) is 0 Å². The van der Waals surface area contributed by atoms with Gasteiger partial charge in [0.2, 0.25) is 0 Å². The third-order valence-corrected chi connectivity index (χ3v) is 1.61. The Morgan fingerprint density at radius 1 is 1.33 bits per heavy atom. The molecule has 1 unspecified atom stereocenters. The van der Waals surface area contributed by atoms with Crippen molar-refractivity contribution in [3.8, 4) is 11.1 Å². The summed E-state index contributed by atoms with van der Waals surface area (Å²) in [6.45, 7) is 1.42. The van der Waals surface area contributed by atoms with Gasteiger partial charge in [-0.1, -0.05) is 24.3 Å². The molecule has 2 aliphatic carbocycles. The summed E-state index contributed by atoms with van der Waals surface area (Å²) in [5, 5.41) is 7.87. The van der Waals surface area contributed by atoms with Gasteiger partial charge >= 0.3 is 5.97 Å². The summed E-state index contributed by atoms with van der Waals surface area (Å²) in [7, 11) is 0. The SMILES string of the molecule is CC(N)C(=O)O.c1cc2ccc1-2. The molecule has 0 spiro atoms. The lowest BCUT2D eigenvalue weighted by Gasteiger charge is -2.10. The second kappa shape index (κ2) is 3.36. The van der Waals surface area contributed by atoms with Gasteiger partial charge in [-0.2, -0.15) is 0 Å². The van der Waals surface area contributed by atoms with Crippen LogP contribution in [-0.4, -0.2) is 17.1 Å². The Balaban J connectivity index is 0.000000120. The molecule has 64 valence electrons. The summed E-state index contributed by atoms with van der Waals surface area (Å²) in [5.74, 6) is -0.963. The maximum Gasteiger partial charge on any atom is 0.320 e. The molecular formula is C9H11NO2. The fourth-order valence-corrected chi connectivity index (χ4v) is 0.663. The number of carbonyl (C=O) groups is 1. The summed E-state index contributed by atoms with van der Waals surface area (Å²) in [4.78, 5) is 9.57. The number of hydrogen-bond acceptors (Lipinski definition) is 2. The van der Waals surface area contributed by atoms with Gasteiger partial charge < -0.3 is 10.8 Å². The van der Waals surface area contributed by atoms with Gasteiger partial charge in [-0.25, -0.2) is 0 Å². The summed E-state index contributed by atoms with van der Waals surface area (Å²) in [6, 6.07) is 7.75. The standard InChI is InChI=1S/C6H4.C3H7NO2/c1-2-6-4-3-5(1)6;1-2(4)3(5)6/h1-4H;2H,4H2,1H3,(H,5,6). The maximum absolute atomic E-state index is 9.57. The maximum atomic E-state index is 9.57. The second-order valence-electron chi connectivity index (χ2n) is 2.70. The van der Waals surface area contributed by atoms with Crippen LogP contribution in [0.15, 0.2) is 24.3 Å². The third kappa shape index (κ3) is 1.83. The molecule has 0 radical (unpaired) electrons. The van der Waals surface area contributed by atoms with Crippen molar-refractivity contribution in [2.75, 3.05) is 0 Å². The predicted octanol–water partition coefficient (Wildman–Crippen LogP) is 1.09. The van der Waals surface area contributed by atoms with E-state index in [2.05, 4.69) is 24.3 Å². The van der Waals surface area contributed by atoms with E-state index in [-0.39, 0.29) is 0 Å². The molecule has 3 heteroatoms. The minimum atomic E-state index is -0.963. The van der Waals surface area contributed by atoms with Gasteiger partial charge in [-0.15, -0.1) is 0 Å². The van der Waals surface area contributed by atoms with Crippen molar-refractivity contribution in [3.05, 3.63) is 24.3 Å². The predicted molar refractivity (Wildman–Crippen MR) is 46.7 cm³/mol. The number of aliphatic carboxylic acids is 1. The monoisotopic (exact) mass is 165 g/mol. The highest BCUT2D eigenvalue weighted by atomic mass is 16.4. The average Bonchev–Trinajstić information content (AvgIpc) is 1.97. The molecule has 0 aromatic rings. The number of fused-ring (bicyclic) bond motifs is 1. The lowest BCUT2D eigenvalue weighted by molar-refractivity contribution is -0.138. The lowest BCUT2D eigenvalue weighted by Crippen LogP contribution is -2.25. The van der Waals surface area contributed by atoms with E-state index in [1.165, 1.54) is 18.1 Å². The number of hydrogen-bond donors (Lipinski definition) is 2. The first kappa shape index (κ1) is 8.74. The summed E-state index contributed by atoms with van der Waals surface area (Å²) in [6.07, 6.45) is 0. The molecule has 0 saturated heterocycles. The van der Waals surface area contributed by atoms with E-state index >= 15 is 0 Å². The van der Waals surface area contributed by atoms with Crippen LogP contribution in [0.2, 0.25) is 0 Å². The highest BCUT2D eigenvalue weighted by Crippen LogP contribution is 2.29. The number of rotatable bonds is 1.